The van der Waals surface area contributed by atoms with Gasteiger partial charge in [0.05, 0.1) is 11.7 Å². The van der Waals surface area contributed by atoms with Crippen LogP contribution in [0.3, 0.4) is 0 Å². The first-order valence-corrected chi connectivity index (χ1v) is 7.61. The van der Waals surface area contributed by atoms with Crippen LogP contribution in [-0.2, 0) is 4.74 Å². The maximum absolute atomic E-state index is 6.00. The molecule has 2 atom stereocenters. The molecule has 2 unspecified atom stereocenters. The molecule has 1 aliphatic heterocycles. The summed E-state index contributed by atoms with van der Waals surface area (Å²) in [6, 6.07) is 8.61. The Morgan fingerprint density at radius 3 is 2.89 bits per heavy atom. The first-order valence-electron chi connectivity index (χ1n) is 6.62. The molecule has 1 heterocycles. The van der Waals surface area contributed by atoms with Crippen LogP contribution in [0.4, 0.5) is 0 Å². The van der Waals surface area contributed by atoms with Crippen LogP contribution in [0, 0.1) is 0 Å². The van der Waals surface area contributed by atoms with Crippen molar-refractivity contribution < 1.29 is 4.74 Å². The van der Waals surface area contributed by atoms with Gasteiger partial charge in [0.15, 0.2) is 0 Å². The molecule has 1 aromatic rings. The molecule has 0 bridgehead atoms. The van der Waals surface area contributed by atoms with Crippen LogP contribution in [0.5, 0.6) is 0 Å². The highest BCUT2D eigenvalue weighted by Gasteiger charge is 2.31. The highest BCUT2D eigenvalue weighted by Crippen LogP contribution is 2.33. The summed E-state index contributed by atoms with van der Waals surface area (Å²) in [5.41, 5.74) is 7.17. The van der Waals surface area contributed by atoms with Crippen LogP contribution in [0.15, 0.2) is 29.2 Å². The Bertz CT molecular complexity index is 403. The first kappa shape index (κ1) is 13.9. The number of ether oxygens (including phenoxy) is 1. The van der Waals surface area contributed by atoms with Gasteiger partial charge in [-0.15, -0.1) is 11.8 Å². The molecule has 2 N–H and O–H groups in total. The van der Waals surface area contributed by atoms with Crippen molar-refractivity contribution in [3.8, 4) is 0 Å². The summed E-state index contributed by atoms with van der Waals surface area (Å²) in [4.78, 5) is 1.29. The highest BCUT2D eigenvalue weighted by molar-refractivity contribution is 7.99. The summed E-state index contributed by atoms with van der Waals surface area (Å²) < 4.78 is 6.00. The highest BCUT2D eigenvalue weighted by atomic mass is 32.2. The van der Waals surface area contributed by atoms with E-state index in [0.717, 1.165) is 12.2 Å². The number of benzene rings is 1. The van der Waals surface area contributed by atoms with Crippen LogP contribution in [0.1, 0.15) is 45.2 Å². The maximum atomic E-state index is 6.00. The summed E-state index contributed by atoms with van der Waals surface area (Å²) >= 11 is 1.87. The van der Waals surface area contributed by atoms with Gasteiger partial charge in [-0.1, -0.05) is 12.1 Å². The lowest BCUT2D eigenvalue weighted by Gasteiger charge is -2.19. The fraction of sp³-hybridized carbons (Fsp3) is 0.600. The van der Waals surface area contributed by atoms with E-state index < -0.39 is 0 Å². The largest absolute Gasteiger partial charge is 0.371 e. The Labute approximate surface area is 114 Å². The van der Waals surface area contributed by atoms with E-state index in [-0.39, 0.29) is 11.6 Å². The molecular formula is C15H23NOS. The van der Waals surface area contributed by atoms with Crippen molar-refractivity contribution in [3.05, 3.63) is 29.8 Å². The van der Waals surface area contributed by atoms with Gasteiger partial charge in [0.25, 0.3) is 0 Å². The van der Waals surface area contributed by atoms with Gasteiger partial charge in [-0.25, -0.2) is 0 Å². The maximum Gasteiger partial charge on any atom is 0.0677 e. The van der Waals surface area contributed by atoms with Crippen molar-refractivity contribution in [2.45, 2.75) is 56.3 Å². The van der Waals surface area contributed by atoms with E-state index in [2.05, 4.69) is 38.1 Å². The van der Waals surface area contributed by atoms with E-state index in [9.17, 15) is 0 Å². The molecule has 0 amide bonds. The number of thioether (sulfide) groups is 1. The standard InChI is InChI=1S/C15H23NOS/c1-11(16)12-5-4-6-14(9-12)18-10-13-7-8-15(2,3)17-13/h4-6,9,11,13H,7-8,10,16H2,1-3H3. The summed E-state index contributed by atoms with van der Waals surface area (Å²) in [5.74, 6) is 1.03. The van der Waals surface area contributed by atoms with E-state index in [1.807, 2.05) is 18.7 Å². The lowest BCUT2D eigenvalue weighted by Crippen LogP contribution is -2.21. The van der Waals surface area contributed by atoms with E-state index in [0.29, 0.717) is 6.10 Å². The predicted molar refractivity (Wildman–Crippen MR) is 78.0 cm³/mol. The van der Waals surface area contributed by atoms with Gasteiger partial charge < -0.3 is 10.5 Å². The molecule has 1 aliphatic rings. The van der Waals surface area contributed by atoms with Crippen molar-refractivity contribution in [2.24, 2.45) is 5.73 Å². The molecule has 100 valence electrons. The van der Waals surface area contributed by atoms with E-state index in [1.54, 1.807) is 0 Å². The molecule has 3 heteroatoms. The molecular weight excluding hydrogens is 242 g/mol. The molecule has 1 fully saturated rings. The average Bonchev–Trinajstić information content (AvgIpc) is 2.67. The van der Waals surface area contributed by atoms with Gasteiger partial charge in [-0.2, -0.15) is 0 Å². The second-order valence-corrected chi connectivity index (χ2v) is 6.80. The predicted octanol–water partition coefficient (Wildman–Crippen LogP) is 3.76. The lowest BCUT2D eigenvalue weighted by molar-refractivity contribution is -0.00466. The zero-order chi connectivity index (χ0) is 13.2. The second kappa shape index (κ2) is 5.64. The third-order valence-corrected chi connectivity index (χ3v) is 4.50. The fourth-order valence-electron chi connectivity index (χ4n) is 2.27. The molecule has 0 aromatic heterocycles. The molecule has 0 radical (unpaired) electrons. The van der Waals surface area contributed by atoms with Gasteiger partial charge in [-0.3, -0.25) is 0 Å². The third kappa shape index (κ3) is 3.74. The Hall–Kier alpha value is -0.510. The van der Waals surface area contributed by atoms with Gasteiger partial charge in [0, 0.05) is 16.7 Å². The summed E-state index contributed by atoms with van der Waals surface area (Å²) in [7, 11) is 0. The van der Waals surface area contributed by atoms with Crippen LogP contribution < -0.4 is 5.73 Å². The van der Waals surface area contributed by atoms with Gasteiger partial charge in [0.2, 0.25) is 0 Å². The topological polar surface area (TPSA) is 35.2 Å². The van der Waals surface area contributed by atoms with Gasteiger partial charge in [0.1, 0.15) is 0 Å². The minimum Gasteiger partial charge on any atom is -0.371 e. The molecule has 0 saturated carbocycles. The van der Waals surface area contributed by atoms with Gasteiger partial charge in [-0.05, 0) is 51.3 Å². The van der Waals surface area contributed by atoms with Crippen molar-refractivity contribution in [2.75, 3.05) is 5.75 Å². The molecule has 1 saturated heterocycles. The summed E-state index contributed by atoms with van der Waals surface area (Å²) in [6.07, 6.45) is 2.73. The molecule has 2 nitrogen and oxygen atoms in total. The second-order valence-electron chi connectivity index (χ2n) is 5.71. The molecule has 0 spiro atoms. The summed E-state index contributed by atoms with van der Waals surface area (Å²) in [5, 5.41) is 0. The molecule has 1 aromatic carbocycles. The van der Waals surface area contributed by atoms with Crippen molar-refractivity contribution in [1.29, 1.82) is 0 Å². The normalized spacial score (nSPS) is 24.1. The Morgan fingerprint density at radius 1 is 1.50 bits per heavy atom. The third-order valence-electron chi connectivity index (χ3n) is 3.37. The number of rotatable bonds is 4. The number of nitrogens with two attached hydrogens (primary N) is 1. The fourth-order valence-corrected chi connectivity index (χ4v) is 3.28. The quantitative estimate of drug-likeness (QED) is 0.842. The van der Waals surface area contributed by atoms with Crippen molar-refractivity contribution in [3.63, 3.8) is 0 Å². The minimum absolute atomic E-state index is 0.0683. The number of hydrogen-bond donors (Lipinski definition) is 1. The average molecular weight is 265 g/mol. The van der Waals surface area contributed by atoms with Gasteiger partial charge >= 0.3 is 0 Å². The van der Waals surface area contributed by atoms with Crippen molar-refractivity contribution in [1.82, 2.24) is 0 Å². The Morgan fingerprint density at radius 2 is 2.28 bits per heavy atom. The zero-order valence-electron chi connectivity index (χ0n) is 11.5. The SMILES string of the molecule is CC(N)c1cccc(SCC2CCC(C)(C)O2)c1. The van der Waals surface area contributed by atoms with Crippen LogP contribution in [0.2, 0.25) is 0 Å². The lowest BCUT2D eigenvalue weighted by atomic mass is 10.1. The van der Waals surface area contributed by atoms with Crippen molar-refractivity contribution >= 4 is 11.8 Å². The molecule has 18 heavy (non-hydrogen) atoms. The Balaban J connectivity index is 1.89. The van der Waals surface area contributed by atoms with E-state index >= 15 is 0 Å². The molecule has 0 aliphatic carbocycles. The number of hydrogen-bond acceptors (Lipinski definition) is 3. The monoisotopic (exact) mass is 265 g/mol. The zero-order valence-corrected chi connectivity index (χ0v) is 12.3. The first-order chi connectivity index (χ1) is 8.46. The van der Waals surface area contributed by atoms with Crippen LogP contribution >= 0.6 is 11.8 Å². The Kier molecular flexibility index (Phi) is 4.36. The van der Waals surface area contributed by atoms with Crippen LogP contribution in [0.25, 0.3) is 0 Å². The summed E-state index contributed by atoms with van der Waals surface area (Å²) in [6.45, 7) is 6.37. The minimum atomic E-state index is 0.0683. The van der Waals surface area contributed by atoms with Crippen LogP contribution in [-0.4, -0.2) is 17.5 Å². The molecule has 2 rings (SSSR count). The smallest absolute Gasteiger partial charge is 0.0677 e. The van der Waals surface area contributed by atoms with E-state index in [1.165, 1.54) is 16.9 Å². The van der Waals surface area contributed by atoms with E-state index in [4.69, 9.17) is 10.5 Å².